The zero-order chi connectivity index (χ0) is 18.5. The molecule has 1 heterocycles. The molecular formula is C12H22N2O7S2. The molecule has 9 nitrogen and oxygen atoms in total. The van der Waals surface area contributed by atoms with Crippen molar-refractivity contribution in [3.63, 3.8) is 0 Å². The summed E-state index contributed by atoms with van der Waals surface area (Å²) in [5.74, 6) is -1.39. The second-order valence-electron chi connectivity index (χ2n) is 4.90. The second kappa shape index (κ2) is 7.86. The molecule has 23 heavy (non-hydrogen) atoms. The van der Waals surface area contributed by atoms with E-state index in [0.29, 0.717) is 0 Å². The molecule has 2 N–H and O–H groups in total. The Kier molecular flexibility index (Phi) is 7.35. The van der Waals surface area contributed by atoms with Gasteiger partial charge in [0.2, 0.25) is 11.8 Å². The number of rotatable bonds is 5. The Hall–Kier alpha value is -1.49. The van der Waals surface area contributed by atoms with Crippen molar-refractivity contribution in [1.29, 1.82) is 0 Å². The van der Waals surface area contributed by atoms with Crippen molar-refractivity contribution in [3.8, 4) is 0 Å². The highest BCUT2D eigenvalue weighted by atomic mass is 32.3. The van der Waals surface area contributed by atoms with E-state index in [4.69, 9.17) is 0 Å². The van der Waals surface area contributed by atoms with Gasteiger partial charge < -0.3 is 0 Å². The first-order chi connectivity index (χ1) is 10.4. The van der Waals surface area contributed by atoms with Crippen LogP contribution in [0.5, 0.6) is 0 Å². The van der Waals surface area contributed by atoms with Gasteiger partial charge in [-0.1, -0.05) is 20.8 Å². The average Bonchev–Trinajstić information content (AvgIpc) is 2.45. The van der Waals surface area contributed by atoms with Crippen LogP contribution in [0.1, 0.15) is 40.5 Å². The summed E-state index contributed by atoms with van der Waals surface area (Å²) >= 11 is 0. The van der Waals surface area contributed by atoms with Gasteiger partial charge in [0, 0.05) is 11.5 Å². The van der Waals surface area contributed by atoms with Gasteiger partial charge in [-0.3, -0.25) is 20.2 Å². The maximum atomic E-state index is 11.7. The smallest absolute Gasteiger partial charge is 0.277 e. The van der Waals surface area contributed by atoms with Crippen LogP contribution in [0, 0.1) is 0 Å². The summed E-state index contributed by atoms with van der Waals surface area (Å²) in [6.07, 6.45) is -0.162. The lowest BCUT2D eigenvalue weighted by molar-refractivity contribution is -0.129. The van der Waals surface area contributed by atoms with E-state index in [2.05, 4.69) is 0 Å². The van der Waals surface area contributed by atoms with E-state index in [1.54, 1.807) is 6.92 Å². The molecule has 1 aliphatic rings. The van der Waals surface area contributed by atoms with Gasteiger partial charge in [-0.05, 0) is 13.3 Å². The van der Waals surface area contributed by atoms with Crippen LogP contribution >= 0.6 is 0 Å². The Bertz CT molecular complexity index is 601. The van der Waals surface area contributed by atoms with E-state index >= 15 is 0 Å². The number of hydrogen-bond acceptors (Lipinski definition) is 7. The number of sulfone groups is 2. The third-order valence-corrected chi connectivity index (χ3v) is 9.80. The zero-order valence-corrected chi connectivity index (χ0v) is 15.1. The predicted molar refractivity (Wildman–Crippen MR) is 83.9 cm³/mol. The lowest BCUT2D eigenvalue weighted by Gasteiger charge is -2.26. The predicted octanol–water partition coefficient (Wildman–Crippen LogP) is -0.275. The number of imide groups is 2. The molecule has 0 aromatic carbocycles. The summed E-state index contributed by atoms with van der Waals surface area (Å²) in [5.41, 5.74) is 0. The van der Waals surface area contributed by atoms with Crippen molar-refractivity contribution < 1.29 is 31.2 Å². The molecule has 11 heteroatoms. The van der Waals surface area contributed by atoms with Gasteiger partial charge in [0.05, 0.1) is 0 Å². The van der Waals surface area contributed by atoms with E-state index in [1.807, 2.05) is 10.6 Å². The summed E-state index contributed by atoms with van der Waals surface area (Å²) in [6, 6.07) is -0.740. The SMILES string of the molecule is CCC(C)(S(=O)(=O)CC)S(=O)(=O)CC.O=C1CC(=O)NC(=O)N1. The summed E-state index contributed by atoms with van der Waals surface area (Å²) in [4.78, 5) is 30.8. The van der Waals surface area contributed by atoms with E-state index in [1.165, 1.54) is 20.8 Å². The number of nitrogens with one attached hydrogen (secondary N) is 2. The van der Waals surface area contributed by atoms with Crippen molar-refractivity contribution in [1.82, 2.24) is 10.6 Å². The second-order valence-corrected chi connectivity index (χ2v) is 10.6. The summed E-state index contributed by atoms with van der Waals surface area (Å²) < 4.78 is 45.1. The van der Waals surface area contributed by atoms with Gasteiger partial charge >= 0.3 is 6.03 Å². The van der Waals surface area contributed by atoms with Gasteiger partial charge in [-0.15, -0.1) is 0 Å². The molecule has 0 aromatic rings. The van der Waals surface area contributed by atoms with Gasteiger partial charge in [-0.25, -0.2) is 21.6 Å². The normalized spacial score (nSPS) is 16.1. The molecular weight excluding hydrogens is 348 g/mol. The van der Waals surface area contributed by atoms with Crippen LogP contribution < -0.4 is 10.6 Å². The molecule has 0 atom stereocenters. The highest BCUT2D eigenvalue weighted by molar-refractivity contribution is 8.10. The first-order valence-corrected chi connectivity index (χ1v) is 10.3. The lowest BCUT2D eigenvalue weighted by Crippen LogP contribution is -2.49. The number of hydrogen-bond donors (Lipinski definition) is 2. The zero-order valence-electron chi connectivity index (χ0n) is 13.5. The molecule has 1 fully saturated rings. The molecule has 1 rings (SSSR count). The van der Waals surface area contributed by atoms with E-state index < -0.39 is 41.6 Å². The fraction of sp³-hybridized carbons (Fsp3) is 0.750. The standard InChI is InChI=1S/C8H18O4S2.C4H4N2O3/c1-5-8(4,13(9,10)6-2)14(11,12)7-3;7-2-1-3(8)6-4(9)5-2/h5-7H2,1-4H3;1H2,(H2,5,6,7,8,9). The number of carbonyl (C=O) groups excluding carboxylic acids is 3. The van der Waals surface area contributed by atoms with E-state index in [9.17, 15) is 31.2 Å². The Morgan fingerprint density at radius 1 is 0.870 bits per heavy atom. The van der Waals surface area contributed by atoms with Crippen LogP contribution in [0.15, 0.2) is 0 Å². The topological polar surface area (TPSA) is 144 Å². The minimum absolute atomic E-state index is 0.0966. The Morgan fingerprint density at radius 3 is 1.43 bits per heavy atom. The summed E-state index contributed by atoms with van der Waals surface area (Å²) in [5, 5.41) is 3.80. The van der Waals surface area contributed by atoms with Gasteiger partial charge in [0.25, 0.3) is 0 Å². The summed E-state index contributed by atoms with van der Waals surface area (Å²) in [7, 11) is -7.14. The Morgan fingerprint density at radius 2 is 1.22 bits per heavy atom. The van der Waals surface area contributed by atoms with Crippen molar-refractivity contribution in [3.05, 3.63) is 0 Å². The molecule has 0 saturated carbocycles. The molecule has 1 saturated heterocycles. The first-order valence-electron chi connectivity index (χ1n) is 6.95. The maximum Gasteiger partial charge on any atom is 0.328 e. The third-order valence-electron chi connectivity index (χ3n) is 3.55. The minimum Gasteiger partial charge on any atom is -0.277 e. The van der Waals surface area contributed by atoms with E-state index in [0.717, 1.165) is 0 Å². The molecule has 0 bridgehead atoms. The van der Waals surface area contributed by atoms with Crippen molar-refractivity contribution in [2.75, 3.05) is 11.5 Å². The lowest BCUT2D eigenvalue weighted by atomic mass is 10.3. The highest BCUT2D eigenvalue weighted by Gasteiger charge is 2.47. The summed E-state index contributed by atoms with van der Waals surface area (Å²) in [6.45, 7) is 5.81. The number of urea groups is 1. The molecule has 0 aliphatic carbocycles. The van der Waals surface area contributed by atoms with Gasteiger partial charge in [0.15, 0.2) is 23.8 Å². The Balaban J connectivity index is 0.000000459. The highest BCUT2D eigenvalue weighted by Crippen LogP contribution is 2.29. The molecule has 134 valence electrons. The number of amides is 4. The van der Waals surface area contributed by atoms with Crippen LogP contribution in [-0.2, 0) is 29.3 Å². The van der Waals surface area contributed by atoms with Crippen LogP contribution in [0.25, 0.3) is 0 Å². The molecule has 1 aliphatic heterocycles. The largest absolute Gasteiger partial charge is 0.328 e. The van der Waals surface area contributed by atoms with Crippen molar-refractivity contribution >= 4 is 37.5 Å². The molecule has 0 radical (unpaired) electrons. The van der Waals surface area contributed by atoms with E-state index in [-0.39, 0.29) is 24.3 Å². The number of barbiturate groups is 1. The quantitative estimate of drug-likeness (QED) is 0.634. The fourth-order valence-corrected chi connectivity index (χ4v) is 6.12. The maximum absolute atomic E-state index is 11.7. The molecule has 0 unspecified atom stereocenters. The average molecular weight is 370 g/mol. The Labute approximate surface area is 136 Å². The van der Waals surface area contributed by atoms with Crippen molar-refractivity contribution in [2.24, 2.45) is 0 Å². The van der Waals surface area contributed by atoms with Crippen LogP contribution in [0.4, 0.5) is 4.79 Å². The molecule has 0 spiro atoms. The first kappa shape index (κ1) is 21.5. The van der Waals surface area contributed by atoms with Crippen LogP contribution in [-0.4, -0.2) is 50.3 Å². The molecule has 0 aromatic heterocycles. The van der Waals surface area contributed by atoms with Crippen LogP contribution in [0.2, 0.25) is 0 Å². The van der Waals surface area contributed by atoms with Crippen molar-refractivity contribution in [2.45, 2.75) is 44.6 Å². The fourth-order valence-electron chi connectivity index (χ4n) is 1.76. The number of carbonyl (C=O) groups is 3. The monoisotopic (exact) mass is 370 g/mol. The minimum atomic E-state index is -3.57. The van der Waals surface area contributed by atoms with Crippen LogP contribution in [0.3, 0.4) is 0 Å². The molecule has 4 amide bonds. The van der Waals surface area contributed by atoms with Gasteiger partial charge in [-0.2, -0.15) is 0 Å². The van der Waals surface area contributed by atoms with Gasteiger partial charge in [0.1, 0.15) is 6.42 Å². The third kappa shape index (κ3) is 4.99.